The van der Waals surface area contributed by atoms with Gasteiger partial charge in [0.15, 0.2) is 11.5 Å². The highest BCUT2D eigenvalue weighted by Crippen LogP contribution is 2.82. The molecule has 5 aromatic rings. The molecule has 0 radical (unpaired) electrons. The minimum absolute atomic E-state index is 0.0649. The van der Waals surface area contributed by atoms with Gasteiger partial charge in [0.05, 0.1) is 40.5 Å². The summed E-state index contributed by atoms with van der Waals surface area (Å²) in [5.74, 6) is -1.35. The van der Waals surface area contributed by atoms with Crippen LogP contribution >= 0.6 is 23.2 Å². The van der Waals surface area contributed by atoms with Crippen molar-refractivity contribution in [3.63, 3.8) is 0 Å². The zero-order valence-electron chi connectivity index (χ0n) is 46.7. The van der Waals surface area contributed by atoms with Gasteiger partial charge < -0.3 is 28.7 Å². The molecule has 2 saturated carbocycles. The summed E-state index contributed by atoms with van der Waals surface area (Å²) in [4.78, 5) is 37.2. The number of Topliss-reactive ketones (excluding diaryl/α,β-unsaturated/α-hetero) is 2. The van der Waals surface area contributed by atoms with Crippen LogP contribution in [-0.4, -0.2) is 126 Å². The van der Waals surface area contributed by atoms with E-state index in [4.69, 9.17) is 46.6 Å². The average Bonchev–Trinajstić information content (AvgIpc) is 1.71. The summed E-state index contributed by atoms with van der Waals surface area (Å²) in [5, 5.41) is 31.3. The molecule has 2 saturated heterocycles. The SMILES string of the molecule is CC1(C)C2CCC13CS(=O)(=O)N1OCC13C2(Cl)Cl.C[C@@H]1C=C[C@H]2[C@H](N(C)C)c3onc(OCc4ccccc4)c3C(=O)[C@@]2(O)[C@@H]1C.C[C@@H]1[C@H](S(=O)c2ccccc2)C=C[C@H]2[C@H](N(C)C)c3onc(OCc4ccccc4)c3C(=O)[C@@]12O. The number of hydrogen-bond donors (Lipinski definition) is 2. The van der Waals surface area contributed by atoms with Gasteiger partial charge in [-0.25, -0.2) is 8.42 Å². The maximum absolute atomic E-state index is 14.0. The van der Waals surface area contributed by atoms with E-state index in [1.807, 2.05) is 149 Å². The van der Waals surface area contributed by atoms with Gasteiger partial charge in [0.25, 0.3) is 11.8 Å². The maximum atomic E-state index is 14.0. The standard InChI is InChI=1S/C27H28N2O5S.C22H26N2O4.C11H15Cl2NO3S/c1-17-21(35(32)19-12-8-5-9-13-19)15-14-20-23(29(2)3)24-22(25(30)27(17,20)31)26(28-34-24)33-16-18-10-6-4-7-11-18;1-13-10-11-16-18(24(3)4)19-17(20(25)22(16,26)14(13)2)21(23-28-19)27-12-15-8-6-5-7-9-15;1-8(2)7-3-4-9(8)6-18(15,16)14-10(9,5-17-14)11(7,12)13/h4-15,17,20-21,23,31H,16H2,1-3H3;5-11,13-14,16,18,26H,12H2,1-4H3;7H,3-6H2,1-2H3/t17-,20+,21-,23+,27-,35?;13-,14-,16+,18+,22-;/m11./s1. The van der Waals surface area contributed by atoms with Gasteiger partial charge in [0, 0.05) is 28.1 Å². The second-order valence-electron chi connectivity index (χ2n) is 24.1. The molecule has 81 heavy (non-hydrogen) atoms. The molecule has 21 heteroatoms. The van der Waals surface area contributed by atoms with Crippen LogP contribution in [0.25, 0.3) is 0 Å². The van der Waals surface area contributed by atoms with E-state index in [-0.39, 0.29) is 82.3 Å². The van der Waals surface area contributed by atoms with Gasteiger partial charge in [-0.3, -0.25) is 28.4 Å². The van der Waals surface area contributed by atoms with Crippen LogP contribution in [0, 0.1) is 46.3 Å². The summed E-state index contributed by atoms with van der Waals surface area (Å²) in [6, 6.07) is 27.6. The van der Waals surface area contributed by atoms with Gasteiger partial charge in [0.1, 0.15) is 45.4 Å². The molecule has 3 aromatic carbocycles. The first-order chi connectivity index (χ1) is 38.3. The third-order valence-corrected chi connectivity index (χ3v) is 24.2. The lowest BCUT2D eigenvalue weighted by Crippen LogP contribution is -2.73. The molecule has 13 rings (SSSR count). The minimum Gasteiger partial charge on any atom is -0.470 e. The van der Waals surface area contributed by atoms with Crippen LogP contribution in [0.3, 0.4) is 0 Å². The topological polar surface area (TPSA) is 215 Å². The molecule has 2 N–H and O–H groups in total. The average molecular weight is 1190 g/mol. The molecule has 2 bridgehead atoms. The van der Waals surface area contributed by atoms with E-state index < -0.39 is 76.7 Å². The van der Waals surface area contributed by atoms with Crippen LogP contribution in [0.2, 0.25) is 0 Å². The number of carbonyl (C=O) groups excluding carboxylic acids is 2. The number of fused-ring (bicyclic) bond motifs is 5. The van der Waals surface area contributed by atoms with Crippen LogP contribution < -0.4 is 9.47 Å². The normalized spacial score (nSPS) is 35.2. The highest BCUT2D eigenvalue weighted by atomic mass is 35.5. The van der Waals surface area contributed by atoms with Gasteiger partial charge in [-0.05, 0) is 97.8 Å². The fraction of sp³-hybridized carbons (Fsp3) is 0.500. The number of aromatic nitrogens is 2. The monoisotopic (exact) mass is 1190 g/mol. The Morgan fingerprint density at radius 2 is 1.19 bits per heavy atom. The number of rotatable bonds is 10. The third kappa shape index (κ3) is 8.39. The van der Waals surface area contributed by atoms with E-state index in [1.165, 1.54) is 0 Å². The molecular formula is C60H69Cl2N5O12S2. The Morgan fingerprint density at radius 3 is 1.64 bits per heavy atom. The Hall–Kier alpha value is -5.06. The second kappa shape index (κ2) is 20.6. The first-order valence-electron chi connectivity index (χ1n) is 27.4. The Morgan fingerprint density at radius 1 is 0.716 bits per heavy atom. The highest BCUT2D eigenvalue weighted by molar-refractivity contribution is 7.89. The second-order valence-corrected chi connectivity index (χ2v) is 28.9. The molecule has 0 amide bonds. The van der Waals surface area contributed by atoms with E-state index >= 15 is 0 Å². The van der Waals surface area contributed by atoms with E-state index in [0.717, 1.165) is 28.4 Å². The Kier molecular flexibility index (Phi) is 14.7. The Bertz CT molecular complexity index is 3430. The fourth-order valence-electron chi connectivity index (χ4n) is 14.9. The molecule has 8 aliphatic rings. The van der Waals surface area contributed by atoms with Gasteiger partial charge in [-0.1, -0.05) is 165 Å². The number of halogens is 2. The summed E-state index contributed by atoms with van der Waals surface area (Å²) >= 11 is 13.3. The summed E-state index contributed by atoms with van der Waals surface area (Å²) in [6.45, 7) is 10.7. The van der Waals surface area contributed by atoms with Crippen LogP contribution in [0.5, 0.6) is 11.8 Å². The number of sulfonamides is 1. The van der Waals surface area contributed by atoms with Crippen molar-refractivity contribution in [3.05, 3.63) is 149 Å². The van der Waals surface area contributed by atoms with E-state index in [1.54, 1.807) is 19.1 Å². The first-order valence-corrected chi connectivity index (χ1v) is 31.0. The van der Waals surface area contributed by atoms with Crippen molar-refractivity contribution in [2.45, 2.75) is 104 Å². The first kappa shape index (κ1) is 57.7. The molecule has 6 aliphatic carbocycles. The zero-order valence-corrected chi connectivity index (χ0v) is 49.8. The van der Waals surface area contributed by atoms with E-state index in [2.05, 4.69) is 30.2 Å². The molecule has 17 nitrogen and oxygen atoms in total. The lowest BCUT2D eigenvalue weighted by molar-refractivity contribution is -0.303. The number of carbonyl (C=O) groups is 2. The largest absolute Gasteiger partial charge is 0.470 e. The molecule has 2 aromatic heterocycles. The number of hydrogen-bond acceptors (Lipinski definition) is 16. The molecule has 432 valence electrons. The van der Waals surface area contributed by atoms with E-state index in [9.17, 15) is 32.4 Å². The molecule has 2 aliphatic heterocycles. The third-order valence-electron chi connectivity index (χ3n) is 19.5. The van der Waals surface area contributed by atoms with Gasteiger partial charge in [-0.2, -0.15) is 0 Å². The number of benzene rings is 3. The predicted molar refractivity (Wildman–Crippen MR) is 303 cm³/mol. The van der Waals surface area contributed by atoms with Gasteiger partial charge in [0.2, 0.25) is 21.6 Å². The molecular weight excluding hydrogens is 1120 g/mol. The van der Waals surface area contributed by atoms with Gasteiger partial charge in [-0.15, -0.1) is 0 Å². The van der Waals surface area contributed by atoms with Gasteiger partial charge >= 0.3 is 0 Å². The quantitative estimate of drug-likeness (QED) is 0.0986. The molecule has 4 heterocycles. The number of hydroxylamine groups is 1. The molecule has 4 unspecified atom stereocenters. The minimum atomic E-state index is -3.40. The number of ketones is 2. The summed E-state index contributed by atoms with van der Waals surface area (Å²) < 4.78 is 61.1. The fourth-order valence-corrected chi connectivity index (χ4v) is 20.5. The predicted octanol–water partition coefficient (Wildman–Crippen LogP) is 8.95. The number of ether oxygens (including phenoxy) is 2. The summed E-state index contributed by atoms with van der Waals surface area (Å²) in [6.07, 6.45) is 9.45. The lowest BCUT2D eigenvalue weighted by atomic mass is 9.60. The Labute approximate surface area is 485 Å². The molecule has 2 spiro atoms. The van der Waals surface area contributed by atoms with Crippen molar-refractivity contribution in [1.82, 2.24) is 24.6 Å². The van der Waals surface area contributed by atoms with E-state index in [0.29, 0.717) is 23.0 Å². The van der Waals surface area contributed by atoms with Crippen molar-refractivity contribution >= 4 is 55.6 Å². The van der Waals surface area contributed by atoms with Crippen molar-refractivity contribution in [1.29, 1.82) is 0 Å². The summed E-state index contributed by atoms with van der Waals surface area (Å²) in [7, 11) is 2.71. The molecule has 4 fully saturated rings. The molecule has 14 atom stereocenters. The van der Waals surface area contributed by atoms with Crippen molar-refractivity contribution < 1.29 is 55.8 Å². The smallest absolute Gasteiger partial charge is 0.265 e. The number of aliphatic hydroxyl groups is 2. The lowest BCUT2D eigenvalue weighted by Gasteiger charge is -2.56. The number of nitrogens with zero attached hydrogens (tertiary/aromatic N) is 5. The number of alkyl halides is 2. The van der Waals surface area contributed by atoms with Crippen molar-refractivity contribution in [2.75, 3.05) is 40.6 Å². The van der Waals surface area contributed by atoms with Crippen LogP contribution in [0.15, 0.2) is 129 Å². The van der Waals surface area contributed by atoms with Crippen LogP contribution in [0.1, 0.15) is 103 Å². The Balaban J connectivity index is 0.000000134. The maximum Gasteiger partial charge on any atom is 0.265 e. The van der Waals surface area contributed by atoms with Crippen molar-refractivity contribution in [3.8, 4) is 11.8 Å². The van der Waals surface area contributed by atoms with Crippen LogP contribution in [-0.2, 0) is 38.9 Å². The van der Waals surface area contributed by atoms with Crippen LogP contribution in [0.4, 0.5) is 0 Å². The summed E-state index contributed by atoms with van der Waals surface area (Å²) in [5.41, 5.74) is -2.31. The zero-order chi connectivity index (χ0) is 58.0. The highest BCUT2D eigenvalue weighted by Gasteiger charge is 2.91. The number of allylic oxidation sites excluding steroid dienone is 1. The van der Waals surface area contributed by atoms with Crippen molar-refractivity contribution in [2.24, 2.45) is 46.3 Å².